The quantitative estimate of drug-likeness (QED) is 0.708. The largest absolute Gasteiger partial charge is 0.206 e. The van der Waals surface area contributed by atoms with Crippen LogP contribution in [-0.4, -0.2) is 0 Å². The summed E-state index contributed by atoms with van der Waals surface area (Å²) in [6, 6.07) is 13.2. The monoisotopic (exact) mass is 264 g/mol. The van der Waals surface area contributed by atoms with Crippen LogP contribution >= 0.6 is 15.9 Å². The van der Waals surface area contributed by atoms with Crippen molar-refractivity contribution in [2.75, 3.05) is 0 Å². The molecule has 0 saturated heterocycles. The number of rotatable bonds is 1. The fourth-order valence-electron chi connectivity index (χ4n) is 1.50. The molecule has 0 amide bonds. The first-order valence-corrected chi connectivity index (χ1v) is 5.48. The lowest BCUT2D eigenvalue weighted by Gasteiger charge is -2.04. The highest BCUT2D eigenvalue weighted by atomic mass is 79.9. The van der Waals surface area contributed by atoms with Gasteiger partial charge >= 0.3 is 0 Å². The molecule has 0 radical (unpaired) electrons. The molecule has 76 valence electrons. The third kappa shape index (κ3) is 2.26. The summed E-state index contributed by atoms with van der Waals surface area (Å²) < 4.78 is 13.5. The van der Waals surface area contributed by atoms with Crippen LogP contribution in [0.3, 0.4) is 0 Å². The van der Waals surface area contributed by atoms with E-state index in [0.29, 0.717) is 4.47 Å². The Bertz CT molecular complexity index is 492. The van der Waals surface area contributed by atoms with Gasteiger partial charge in [0.05, 0.1) is 4.47 Å². The van der Waals surface area contributed by atoms with Gasteiger partial charge in [-0.05, 0) is 46.1 Å². The van der Waals surface area contributed by atoms with Crippen molar-refractivity contribution in [3.63, 3.8) is 0 Å². The van der Waals surface area contributed by atoms with Crippen LogP contribution in [0.1, 0.15) is 5.56 Å². The fourth-order valence-corrected chi connectivity index (χ4v) is 1.88. The van der Waals surface area contributed by atoms with E-state index < -0.39 is 0 Å². The number of hydrogen-bond acceptors (Lipinski definition) is 0. The number of benzene rings is 2. The van der Waals surface area contributed by atoms with Crippen molar-refractivity contribution >= 4 is 15.9 Å². The van der Waals surface area contributed by atoms with Crippen LogP contribution in [0.5, 0.6) is 0 Å². The zero-order valence-corrected chi connectivity index (χ0v) is 9.88. The van der Waals surface area contributed by atoms with E-state index in [2.05, 4.69) is 22.0 Å². The van der Waals surface area contributed by atoms with Crippen molar-refractivity contribution in [3.05, 3.63) is 58.3 Å². The second-order valence-corrected chi connectivity index (χ2v) is 4.35. The Morgan fingerprint density at radius 1 is 1.00 bits per heavy atom. The predicted molar refractivity (Wildman–Crippen MR) is 64.3 cm³/mol. The summed E-state index contributed by atoms with van der Waals surface area (Å²) in [7, 11) is 0. The van der Waals surface area contributed by atoms with Gasteiger partial charge in [-0.25, -0.2) is 4.39 Å². The Morgan fingerprint density at radius 3 is 2.40 bits per heavy atom. The van der Waals surface area contributed by atoms with Crippen LogP contribution in [0, 0.1) is 12.7 Å². The number of aryl methyl sites for hydroxylation is 1. The van der Waals surface area contributed by atoms with Crippen molar-refractivity contribution in [2.24, 2.45) is 0 Å². The molecule has 0 nitrogen and oxygen atoms in total. The zero-order chi connectivity index (χ0) is 10.8. The van der Waals surface area contributed by atoms with Crippen LogP contribution in [-0.2, 0) is 0 Å². The second-order valence-electron chi connectivity index (χ2n) is 3.50. The Morgan fingerprint density at radius 2 is 1.73 bits per heavy atom. The maximum Gasteiger partial charge on any atom is 0.137 e. The van der Waals surface area contributed by atoms with Gasteiger partial charge < -0.3 is 0 Å². The van der Waals surface area contributed by atoms with Crippen molar-refractivity contribution < 1.29 is 4.39 Å². The first-order chi connectivity index (χ1) is 7.16. The minimum absolute atomic E-state index is 0.230. The molecular formula is C13H10BrF. The summed E-state index contributed by atoms with van der Waals surface area (Å²) in [5.41, 5.74) is 3.33. The molecular weight excluding hydrogens is 255 g/mol. The molecule has 0 aliphatic heterocycles. The van der Waals surface area contributed by atoms with Gasteiger partial charge in [0.1, 0.15) is 5.82 Å². The molecule has 2 aromatic carbocycles. The molecule has 0 heterocycles. The van der Waals surface area contributed by atoms with Gasteiger partial charge in [0, 0.05) is 0 Å². The molecule has 0 atom stereocenters. The molecule has 0 N–H and O–H groups in total. The standard InChI is InChI=1S/C13H10BrF/c1-9-3-2-4-10(7-9)11-5-6-13(15)12(14)8-11/h2-8H,1H3. The zero-order valence-electron chi connectivity index (χ0n) is 8.30. The Labute approximate surface area is 96.9 Å². The van der Waals surface area contributed by atoms with Gasteiger partial charge in [-0.2, -0.15) is 0 Å². The summed E-state index contributed by atoms with van der Waals surface area (Å²) in [6.45, 7) is 2.04. The summed E-state index contributed by atoms with van der Waals surface area (Å²) in [4.78, 5) is 0. The fraction of sp³-hybridized carbons (Fsp3) is 0.0769. The third-order valence-electron chi connectivity index (χ3n) is 2.27. The van der Waals surface area contributed by atoms with Gasteiger partial charge in [0.15, 0.2) is 0 Å². The molecule has 15 heavy (non-hydrogen) atoms. The Balaban J connectivity index is 2.50. The topological polar surface area (TPSA) is 0 Å². The van der Waals surface area contributed by atoms with Crippen LogP contribution in [0.4, 0.5) is 4.39 Å². The van der Waals surface area contributed by atoms with Crippen LogP contribution in [0.2, 0.25) is 0 Å². The average molecular weight is 265 g/mol. The van der Waals surface area contributed by atoms with E-state index >= 15 is 0 Å². The van der Waals surface area contributed by atoms with Crippen LogP contribution < -0.4 is 0 Å². The van der Waals surface area contributed by atoms with E-state index in [1.165, 1.54) is 11.6 Å². The summed E-state index contributed by atoms with van der Waals surface area (Å²) in [5, 5.41) is 0. The third-order valence-corrected chi connectivity index (χ3v) is 2.88. The minimum atomic E-state index is -0.230. The predicted octanol–water partition coefficient (Wildman–Crippen LogP) is 4.56. The maximum atomic E-state index is 13.0. The van der Waals surface area contributed by atoms with E-state index in [0.717, 1.165) is 11.1 Å². The molecule has 2 heteroatoms. The molecule has 0 unspecified atom stereocenters. The summed E-state index contributed by atoms with van der Waals surface area (Å²) >= 11 is 3.19. The highest BCUT2D eigenvalue weighted by Gasteiger charge is 2.02. The molecule has 0 spiro atoms. The highest BCUT2D eigenvalue weighted by molar-refractivity contribution is 9.10. The molecule has 2 aromatic rings. The van der Waals surface area contributed by atoms with Crippen LogP contribution in [0.15, 0.2) is 46.9 Å². The smallest absolute Gasteiger partial charge is 0.137 e. The van der Waals surface area contributed by atoms with Crippen LogP contribution in [0.25, 0.3) is 11.1 Å². The van der Waals surface area contributed by atoms with Crippen molar-refractivity contribution in [2.45, 2.75) is 6.92 Å². The van der Waals surface area contributed by atoms with Crippen molar-refractivity contribution in [1.82, 2.24) is 0 Å². The molecule has 0 bridgehead atoms. The summed E-state index contributed by atoms with van der Waals surface area (Å²) in [5.74, 6) is -0.230. The molecule has 0 fully saturated rings. The Kier molecular flexibility index (Phi) is 2.87. The van der Waals surface area contributed by atoms with E-state index in [4.69, 9.17) is 0 Å². The van der Waals surface area contributed by atoms with Gasteiger partial charge in [0.2, 0.25) is 0 Å². The van der Waals surface area contributed by atoms with Gasteiger partial charge in [-0.15, -0.1) is 0 Å². The van der Waals surface area contributed by atoms with E-state index in [-0.39, 0.29) is 5.82 Å². The number of hydrogen-bond donors (Lipinski definition) is 0. The molecule has 0 aliphatic carbocycles. The van der Waals surface area contributed by atoms with E-state index in [9.17, 15) is 4.39 Å². The normalized spacial score (nSPS) is 10.3. The van der Waals surface area contributed by atoms with E-state index in [1.54, 1.807) is 12.1 Å². The molecule has 0 aromatic heterocycles. The van der Waals surface area contributed by atoms with Gasteiger partial charge in [0.25, 0.3) is 0 Å². The SMILES string of the molecule is Cc1cccc(-c2ccc(F)c(Br)c2)c1. The minimum Gasteiger partial charge on any atom is -0.206 e. The molecule has 2 rings (SSSR count). The molecule has 0 saturated carbocycles. The first-order valence-electron chi connectivity index (χ1n) is 4.69. The highest BCUT2D eigenvalue weighted by Crippen LogP contribution is 2.25. The van der Waals surface area contributed by atoms with E-state index in [1.807, 2.05) is 25.1 Å². The Hall–Kier alpha value is -1.15. The van der Waals surface area contributed by atoms with Crippen molar-refractivity contribution in [1.29, 1.82) is 0 Å². The van der Waals surface area contributed by atoms with Gasteiger partial charge in [-0.1, -0.05) is 35.9 Å². The summed E-state index contributed by atoms with van der Waals surface area (Å²) in [6.07, 6.45) is 0. The lowest BCUT2D eigenvalue weighted by atomic mass is 10.0. The maximum absolute atomic E-state index is 13.0. The average Bonchev–Trinajstić information content (AvgIpc) is 2.22. The lowest BCUT2D eigenvalue weighted by Crippen LogP contribution is -1.82. The second kappa shape index (κ2) is 4.15. The number of halogens is 2. The lowest BCUT2D eigenvalue weighted by molar-refractivity contribution is 0.621. The molecule has 0 aliphatic rings. The first kappa shape index (κ1) is 10.4. The van der Waals surface area contributed by atoms with Crippen molar-refractivity contribution in [3.8, 4) is 11.1 Å². The van der Waals surface area contributed by atoms with Gasteiger partial charge in [-0.3, -0.25) is 0 Å².